The van der Waals surface area contributed by atoms with Crippen LogP contribution in [0, 0.1) is 0 Å². The molecule has 0 saturated heterocycles. The lowest BCUT2D eigenvalue weighted by Crippen LogP contribution is -2.14. The van der Waals surface area contributed by atoms with Crippen molar-refractivity contribution in [3.63, 3.8) is 0 Å². The van der Waals surface area contributed by atoms with Crippen LogP contribution in [0.2, 0.25) is 0 Å². The predicted octanol–water partition coefficient (Wildman–Crippen LogP) is 17.1. The third kappa shape index (κ3) is 4.63. The standard InChI is InChI=1S/C60H50/c1-33(2)45-31-47(37-19-25-51-49(29-37)55-39-15-11-9-13-35(39)17-27-53(55)59(51,5)6)43-24-22-42-46(34(3)4)32-48(44-23-21-41(45)57(43)58(42)44)38-20-26-52-50(30-38)56-40-16-12-10-14-36(40)18-28-54(56)60(52,7)8/h9-34H,1-8H3. The van der Waals surface area contributed by atoms with E-state index in [2.05, 4.69) is 201 Å². The molecule has 0 amide bonds. The summed E-state index contributed by atoms with van der Waals surface area (Å²) in [6.45, 7) is 19.0. The summed E-state index contributed by atoms with van der Waals surface area (Å²) in [4.78, 5) is 0. The van der Waals surface area contributed by atoms with Crippen molar-refractivity contribution < 1.29 is 0 Å². The van der Waals surface area contributed by atoms with Crippen molar-refractivity contribution >= 4 is 53.9 Å². The lowest BCUT2D eigenvalue weighted by molar-refractivity contribution is 0.661. The molecule has 0 radical (unpaired) electrons. The van der Waals surface area contributed by atoms with Crippen molar-refractivity contribution in [1.82, 2.24) is 0 Å². The molecule has 10 aromatic rings. The molecule has 2 aliphatic rings. The molecule has 0 heterocycles. The van der Waals surface area contributed by atoms with Crippen molar-refractivity contribution in [1.29, 1.82) is 0 Å². The molecule has 0 aromatic heterocycles. The molecular formula is C60H50. The van der Waals surface area contributed by atoms with Gasteiger partial charge >= 0.3 is 0 Å². The summed E-state index contributed by atoms with van der Waals surface area (Å²) in [5, 5.41) is 13.5. The van der Waals surface area contributed by atoms with E-state index in [4.69, 9.17) is 0 Å². The van der Waals surface area contributed by atoms with Crippen LogP contribution in [0.25, 0.3) is 98.4 Å². The normalized spacial score (nSPS) is 14.9. The van der Waals surface area contributed by atoms with Gasteiger partial charge in [-0.2, -0.15) is 0 Å². The zero-order valence-electron chi connectivity index (χ0n) is 36.0. The Kier molecular flexibility index (Phi) is 7.24. The van der Waals surface area contributed by atoms with Gasteiger partial charge in [0.1, 0.15) is 0 Å². The molecule has 0 unspecified atom stereocenters. The number of hydrogen-bond donors (Lipinski definition) is 0. The highest BCUT2D eigenvalue weighted by Gasteiger charge is 2.38. The first kappa shape index (κ1) is 35.7. The second-order valence-electron chi connectivity index (χ2n) is 19.6. The van der Waals surface area contributed by atoms with Crippen LogP contribution in [0.1, 0.15) is 101 Å². The van der Waals surface area contributed by atoms with E-state index in [1.165, 1.54) is 132 Å². The molecule has 2 aliphatic carbocycles. The lowest BCUT2D eigenvalue weighted by Gasteiger charge is -2.24. The number of benzene rings is 10. The van der Waals surface area contributed by atoms with Gasteiger partial charge in [0.15, 0.2) is 0 Å². The minimum Gasteiger partial charge on any atom is -0.0616 e. The summed E-state index contributed by atoms with van der Waals surface area (Å²) in [7, 11) is 0. The van der Waals surface area contributed by atoms with Crippen LogP contribution >= 0.6 is 0 Å². The SMILES string of the molecule is CC(C)c1cc(-c2ccc3c(c2)-c2c(ccc4ccccc24)C3(C)C)c2ccc3c(C(C)C)cc(-c4ccc5c(c4)-c4c(ccc6ccccc46)C5(C)C)c4ccc1c2c43. The van der Waals surface area contributed by atoms with Crippen molar-refractivity contribution in [3.8, 4) is 44.5 Å². The van der Waals surface area contributed by atoms with Crippen LogP contribution in [-0.4, -0.2) is 0 Å². The molecule has 0 bridgehead atoms. The molecule has 0 N–H and O–H groups in total. The highest BCUT2D eigenvalue weighted by molar-refractivity contribution is 6.29. The minimum atomic E-state index is -0.0644. The fraction of sp³-hybridized carbons (Fsp3) is 0.200. The van der Waals surface area contributed by atoms with Gasteiger partial charge in [-0.1, -0.05) is 177 Å². The zero-order valence-corrected chi connectivity index (χ0v) is 36.0. The van der Waals surface area contributed by atoms with Gasteiger partial charge in [0.2, 0.25) is 0 Å². The van der Waals surface area contributed by atoms with E-state index >= 15 is 0 Å². The maximum Gasteiger partial charge on any atom is 0.0159 e. The Hall–Kier alpha value is -6.24. The van der Waals surface area contributed by atoms with Crippen LogP contribution in [0.3, 0.4) is 0 Å². The Bertz CT molecular complexity index is 3240. The number of hydrogen-bond acceptors (Lipinski definition) is 0. The van der Waals surface area contributed by atoms with Crippen molar-refractivity contribution in [2.45, 2.75) is 78.1 Å². The van der Waals surface area contributed by atoms with Crippen LogP contribution in [-0.2, 0) is 10.8 Å². The summed E-state index contributed by atoms with van der Waals surface area (Å²) >= 11 is 0. The van der Waals surface area contributed by atoms with Crippen molar-refractivity contribution in [2.24, 2.45) is 0 Å². The molecule has 0 spiro atoms. The predicted molar refractivity (Wildman–Crippen MR) is 259 cm³/mol. The summed E-state index contributed by atoms with van der Waals surface area (Å²) in [5.74, 6) is 0.732. The maximum atomic E-state index is 2.52. The molecule has 10 aromatic carbocycles. The molecule has 290 valence electrons. The molecule has 60 heavy (non-hydrogen) atoms. The largest absolute Gasteiger partial charge is 0.0616 e. The van der Waals surface area contributed by atoms with E-state index in [0.717, 1.165) is 0 Å². The molecule has 0 heteroatoms. The van der Waals surface area contributed by atoms with E-state index in [1.807, 2.05) is 0 Å². The highest BCUT2D eigenvalue weighted by atomic mass is 14.4. The molecule has 0 nitrogen and oxygen atoms in total. The van der Waals surface area contributed by atoms with Crippen LogP contribution in [0.4, 0.5) is 0 Å². The lowest BCUT2D eigenvalue weighted by atomic mass is 9.79. The molecule has 12 rings (SSSR count). The molecule has 0 atom stereocenters. The topological polar surface area (TPSA) is 0 Å². The van der Waals surface area contributed by atoms with Crippen LogP contribution in [0.5, 0.6) is 0 Å². The van der Waals surface area contributed by atoms with Gasteiger partial charge in [-0.05, 0) is 168 Å². The van der Waals surface area contributed by atoms with E-state index in [1.54, 1.807) is 0 Å². The Morgan fingerprint density at radius 3 is 1.13 bits per heavy atom. The van der Waals surface area contributed by atoms with Gasteiger partial charge in [-0.15, -0.1) is 0 Å². The van der Waals surface area contributed by atoms with Crippen molar-refractivity contribution in [2.75, 3.05) is 0 Å². The van der Waals surface area contributed by atoms with Crippen molar-refractivity contribution in [3.05, 3.63) is 179 Å². The molecule has 0 saturated carbocycles. The van der Waals surface area contributed by atoms with Gasteiger partial charge in [-0.3, -0.25) is 0 Å². The first-order chi connectivity index (χ1) is 28.9. The monoisotopic (exact) mass is 770 g/mol. The summed E-state index contributed by atoms with van der Waals surface area (Å²) in [6.07, 6.45) is 0. The Labute approximate surface area is 353 Å². The van der Waals surface area contributed by atoms with E-state index in [9.17, 15) is 0 Å². The third-order valence-electron chi connectivity index (χ3n) is 15.0. The first-order valence-electron chi connectivity index (χ1n) is 22.1. The maximum absolute atomic E-state index is 2.52. The molecular weight excluding hydrogens is 721 g/mol. The van der Waals surface area contributed by atoms with Crippen LogP contribution in [0.15, 0.2) is 146 Å². The Morgan fingerprint density at radius 1 is 0.333 bits per heavy atom. The number of rotatable bonds is 4. The molecule has 0 fully saturated rings. The fourth-order valence-electron chi connectivity index (χ4n) is 11.9. The number of fused-ring (bicyclic) bond motifs is 10. The van der Waals surface area contributed by atoms with Gasteiger partial charge in [-0.25, -0.2) is 0 Å². The van der Waals surface area contributed by atoms with Gasteiger partial charge in [0.05, 0.1) is 0 Å². The second-order valence-corrected chi connectivity index (χ2v) is 19.6. The summed E-state index contributed by atoms with van der Waals surface area (Å²) < 4.78 is 0. The highest BCUT2D eigenvalue weighted by Crippen LogP contribution is 2.55. The van der Waals surface area contributed by atoms with E-state index < -0.39 is 0 Å². The zero-order chi connectivity index (χ0) is 41.0. The van der Waals surface area contributed by atoms with E-state index in [0.29, 0.717) is 11.8 Å². The van der Waals surface area contributed by atoms with E-state index in [-0.39, 0.29) is 10.8 Å². The minimum absolute atomic E-state index is 0.0644. The average molecular weight is 771 g/mol. The van der Waals surface area contributed by atoms with Gasteiger partial charge in [0.25, 0.3) is 0 Å². The fourth-order valence-corrected chi connectivity index (χ4v) is 11.9. The third-order valence-corrected chi connectivity index (χ3v) is 15.0. The summed E-state index contributed by atoms with van der Waals surface area (Å²) in [6, 6.07) is 56.7. The Morgan fingerprint density at radius 2 is 0.717 bits per heavy atom. The Balaban J connectivity index is 1.13. The second kappa shape index (κ2) is 12.2. The van der Waals surface area contributed by atoms with Gasteiger partial charge in [0, 0.05) is 10.8 Å². The summed E-state index contributed by atoms with van der Waals surface area (Å²) in [5.41, 5.74) is 19.2. The van der Waals surface area contributed by atoms with Crippen LogP contribution < -0.4 is 0 Å². The quantitative estimate of drug-likeness (QED) is 0.156. The first-order valence-corrected chi connectivity index (χ1v) is 22.1. The average Bonchev–Trinajstić information content (AvgIpc) is 3.63. The smallest absolute Gasteiger partial charge is 0.0159 e. The molecule has 0 aliphatic heterocycles. The van der Waals surface area contributed by atoms with Gasteiger partial charge < -0.3 is 0 Å².